The molecule has 0 heterocycles. The Kier molecular flexibility index (Phi) is 5.65. The van der Waals surface area contributed by atoms with Crippen molar-refractivity contribution in [2.45, 2.75) is 0 Å². The van der Waals surface area contributed by atoms with Gasteiger partial charge in [0.1, 0.15) is 11.6 Å². The molecule has 2 rings (SSSR count). The van der Waals surface area contributed by atoms with Crippen LogP contribution >= 0.6 is 15.9 Å². The van der Waals surface area contributed by atoms with Crippen LogP contribution in [0.25, 0.3) is 6.08 Å². The molecule has 0 fully saturated rings. The van der Waals surface area contributed by atoms with Crippen molar-refractivity contribution < 1.29 is 23.8 Å². The fraction of sp³-hybridized carbons (Fsp3) is 0.0588. The van der Waals surface area contributed by atoms with E-state index >= 15 is 0 Å². The summed E-state index contributed by atoms with van der Waals surface area (Å²) < 4.78 is 19.2. The summed E-state index contributed by atoms with van der Waals surface area (Å²) in [5.41, 5.74) is 0.699. The number of halogens is 2. The normalized spacial score (nSPS) is 10.7. The first-order valence-corrected chi connectivity index (χ1v) is 7.37. The molecule has 0 unspecified atom stereocenters. The Morgan fingerprint density at radius 1 is 1.17 bits per heavy atom. The van der Waals surface area contributed by atoms with Crippen molar-refractivity contribution in [3.63, 3.8) is 0 Å². The summed E-state index contributed by atoms with van der Waals surface area (Å²) in [6.45, 7) is -0.448. The molecule has 0 saturated heterocycles. The highest BCUT2D eigenvalue weighted by molar-refractivity contribution is 9.10. The van der Waals surface area contributed by atoms with E-state index in [0.29, 0.717) is 21.3 Å². The van der Waals surface area contributed by atoms with E-state index < -0.39 is 18.4 Å². The van der Waals surface area contributed by atoms with Crippen molar-refractivity contribution in [3.8, 4) is 5.75 Å². The number of ether oxygens (including phenoxy) is 1. The Morgan fingerprint density at radius 3 is 2.48 bits per heavy atom. The number of allylic oxidation sites excluding steroid dienone is 1. The molecule has 0 spiro atoms. The van der Waals surface area contributed by atoms with Gasteiger partial charge in [0.25, 0.3) is 0 Å². The number of carboxylic acid groups (broad SMARTS) is 1. The van der Waals surface area contributed by atoms with Gasteiger partial charge in [-0.05, 0) is 48.6 Å². The maximum Gasteiger partial charge on any atom is 0.341 e. The van der Waals surface area contributed by atoms with Gasteiger partial charge >= 0.3 is 5.97 Å². The minimum atomic E-state index is -1.08. The van der Waals surface area contributed by atoms with E-state index in [0.717, 1.165) is 0 Å². The van der Waals surface area contributed by atoms with E-state index in [-0.39, 0.29) is 5.78 Å². The van der Waals surface area contributed by atoms with E-state index in [2.05, 4.69) is 15.9 Å². The van der Waals surface area contributed by atoms with Crippen LogP contribution in [-0.4, -0.2) is 23.5 Å². The molecule has 0 bridgehead atoms. The first-order valence-electron chi connectivity index (χ1n) is 6.58. The quantitative estimate of drug-likeness (QED) is 0.610. The lowest BCUT2D eigenvalue weighted by Crippen LogP contribution is -2.09. The van der Waals surface area contributed by atoms with Crippen LogP contribution in [0.15, 0.2) is 53.0 Å². The van der Waals surface area contributed by atoms with Crippen molar-refractivity contribution in [2.75, 3.05) is 6.61 Å². The van der Waals surface area contributed by atoms with Crippen molar-refractivity contribution in [1.82, 2.24) is 0 Å². The Bertz CT molecular complexity index is 754. The molecular weight excluding hydrogens is 367 g/mol. The fourth-order valence-electron chi connectivity index (χ4n) is 1.76. The number of benzene rings is 2. The molecule has 0 aliphatic rings. The second-order valence-corrected chi connectivity index (χ2v) is 5.49. The lowest BCUT2D eigenvalue weighted by Gasteiger charge is -2.03. The van der Waals surface area contributed by atoms with Gasteiger partial charge in [-0.3, -0.25) is 4.79 Å². The molecule has 2 aromatic carbocycles. The second-order valence-electron chi connectivity index (χ2n) is 4.57. The summed E-state index contributed by atoms with van der Waals surface area (Å²) in [6.07, 6.45) is 2.68. The zero-order valence-electron chi connectivity index (χ0n) is 11.8. The number of aliphatic carboxylic acids is 1. The minimum Gasteiger partial charge on any atom is -0.482 e. The largest absolute Gasteiger partial charge is 0.482 e. The molecule has 0 aromatic heterocycles. The van der Waals surface area contributed by atoms with Gasteiger partial charge in [0.15, 0.2) is 12.4 Å². The molecule has 0 saturated carbocycles. The highest BCUT2D eigenvalue weighted by Gasteiger charge is 2.05. The van der Waals surface area contributed by atoms with E-state index in [1.54, 1.807) is 12.1 Å². The zero-order valence-corrected chi connectivity index (χ0v) is 13.4. The number of carbonyl (C=O) groups excluding carboxylic acids is 1. The minimum absolute atomic E-state index is 0.294. The number of hydrogen-bond donors (Lipinski definition) is 1. The maximum absolute atomic E-state index is 13.6. The van der Waals surface area contributed by atoms with Gasteiger partial charge in [-0.15, -0.1) is 0 Å². The third-order valence-electron chi connectivity index (χ3n) is 2.88. The summed E-state index contributed by atoms with van der Waals surface area (Å²) >= 11 is 3.16. The van der Waals surface area contributed by atoms with Gasteiger partial charge in [0, 0.05) is 15.6 Å². The number of carboxylic acids is 1. The van der Waals surface area contributed by atoms with Crippen molar-refractivity contribution in [1.29, 1.82) is 0 Å². The Hall–Kier alpha value is -2.47. The summed E-state index contributed by atoms with van der Waals surface area (Å²) in [6, 6.07) is 10.6. The van der Waals surface area contributed by atoms with Gasteiger partial charge in [0.05, 0.1) is 0 Å². The molecule has 2 aromatic rings. The monoisotopic (exact) mass is 378 g/mol. The predicted octanol–water partition coefficient (Wildman–Crippen LogP) is 3.95. The van der Waals surface area contributed by atoms with Crippen LogP contribution in [-0.2, 0) is 4.79 Å². The molecule has 0 radical (unpaired) electrons. The van der Waals surface area contributed by atoms with E-state index in [4.69, 9.17) is 9.84 Å². The lowest BCUT2D eigenvalue weighted by atomic mass is 10.1. The van der Waals surface area contributed by atoms with E-state index in [1.165, 1.54) is 42.5 Å². The lowest BCUT2D eigenvalue weighted by molar-refractivity contribution is -0.139. The molecule has 6 heteroatoms. The average Bonchev–Trinajstić information content (AvgIpc) is 2.52. The van der Waals surface area contributed by atoms with Crippen molar-refractivity contribution in [3.05, 3.63) is 70.0 Å². The summed E-state index contributed by atoms with van der Waals surface area (Å²) in [5, 5.41) is 8.51. The third kappa shape index (κ3) is 5.03. The van der Waals surface area contributed by atoms with Gasteiger partial charge in [-0.2, -0.15) is 0 Å². The smallest absolute Gasteiger partial charge is 0.341 e. The van der Waals surface area contributed by atoms with Crippen LogP contribution in [0.2, 0.25) is 0 Å². The molecule has 4 nitrogen and oxygen atoms in total. The summed E-state index contributed by atoms with van der Waals surface area (Å²) in [7, 11) is 0. The van der Waals surface area contributed by atoms with Crippen LogP contribution in [0.1, 0.15) is 15.9 Å². The summed E-state index contributed by atoms with van der Waals surface area (Å²) in [4.78, 5) is 22.4. The molecule has 0 amide bonds. The highest BCUT2D eigenvalue weighted by atomic mass is 79.9. The molecule has 23 heavy (non-hydrogen) atoms. The Balaban J connectivity index is 2.05. The van der Waals surface area contributed by atoms with E-state index in [1.807, 2.05) is 0 Å². The molecule has 1 N–H and O–H groups in total. The van der Waals surface area contributed by atoms with Gasteiger partial charge < -0.3 is 9.84 Å². The zero-order chi connectivity index (χ0) is 16.8. The van der Waals surface area contributed by atoms with Gasteiger partial charge in [0.2, 0.25) is 0 Å². The predicted molar refractivity (Wildman–Crippen MR) is 87.0 cm³/mol. The van der Waals surface area contributed by atoms with Crippen LogP contribution in [0.5, 0.6) is 5.75 Å². The third-order valence-corrected chi connectivity index (χ3v) is 3.37. The summed E-state index contributed by atoms with van der Waals surface area (Å²) in [5.74, 6) is -1.45. The van der Waals surface area contributed by atoms with E-state index in [9.17, 15) is 14.0 Å². The Labute approximate surface area is 140 Å². The molecule has 0 aliphatic carbocycles. The van der Waals surface area contributed by atoms with Crippen LogP contribution in [0.3, 0.4) is 0 Å². The SMILES string of the molecule is O=C(O)COc1ccc(C(=O)/C=C/c2ccc(Br)cc2F)cc1. The van der Waals surface area contributed by atoms with Crippen LogP contribution < -0.4 is 4.74 Å². The Morgan fingerprint density at radius 2 is 1.87 bits per heavy atom. The molecule has 0 atom stereocenters. The number of ketones is 1. The number of hydrogen-bond acceptors (Lipinski definition) is 3. The highest BCUT2D eigenvalue weighted by Crippen LogP contribution is 2.17. The van der Waals surface area contributed by atoms with Gasteiger partial charge in [-0.25, -0.2) is 9.18 Å². The maximum atomic E-state index is 13.6. The van der Waals surface area contributed by atoms with Gasteiger partial charge in [-0.1, -0.05) is 22.0 Å². The molecule has 0 aliphatic heterocycles. The van der Waals surface area contributed by atoms with Crippen LogP contribution in [0.4, 0.5) is 4.39 Å². The first-order chi connectivity index (χ1) is 11.0. The first kappa shape index (κ1) is 16.9. The van der Waals surface area contributed by atoms with Crippen LogP contribution in [0, 0.1) is 5.82 Å². The number of carbonyl (C=O) groups is 2. The number of rotatable bonds is 6. The van der Waals surface area contributed by atoms with Crippen molar-refractivity contribution in [2.24, 2.45) is 0 Å². The standard InChI is InChI=1S/C17H12BrFO4/c18-13-5-1-11(15(19)9-13)4-8-16(20)12-2-6-14(7-3-12)23-10-17(21)22/h1-9H,10H2,(H,21,22)/b8-4+. The average molecular weight is 379 g/mol. The molecule has 118 valence electrons. The fourth-order valence-corrected chi connectivity index (χ4v) is 2.09. The topological polar surface area (TPSA) is 63.6 Å². The van der Waals surface area contributed by atoms with Crippen molar-refractivity contribution >= 4 is 33.8 Å². The molecular formula is C17H12BrFO4. The second kappa shape index (κ2) is 7.69.